The molecule has 27 heavy (non-hydrogen) atoms. The van der Waals surface area contributed by atoms with E-state index < -0.39 is 0 Å². The van der Waals surface area contributed by atoms with Crippen LogP contribution in [-0.2, 0) is 4.79 Å². The fourth-order valence-electron chi connectivity index (χ4n) is 2.57. The van der Waals surface area contributed by atoms with E-state index in [1.807, 2.05) is 68.4 Å². The second-order valence-corrected chi connectivity index (χ2v) is 7.59. The number of amides is 1. The highest BCUT2D eigenvalue weighted by molar-refractivity contribution is 7.99. The van der Waals surface area contributed by atoms with E-state index in [0.29, 0.717) is 17.2 Å². The van der Waals surface area contributed by atoms with E-state index in [1.54, 1.807) is 11.8 Å². The molecule has 0 unspecified atom stereocenters. The molecule has 3 rings (SSSR count). The zero-order valence-corrected chi connectivity index (χ0v) is 16.8. The average molecular weight is 398 g/mol. The van der Waals surface area contributed by atoms with Gasteiger partial charge in [-0.1, -0.05) is 48.0 Å². The minimum atomic E-state index is -0.0399. The van der Waals surface area contributed by atoms with E-state index in [1.165, 1.54) is 0 Å². The Kier molecular flexibility index (Phi) is 6.48. The SMILES string of the molecule is Cc1nc(SCCC(=O)Nc2cccc(Cl)c2C)cc(-c2ccccc2)n1. The summed E-state index contributed by atoms with van der Waals surface area (Å²) in [6, 6.07) is 17.5. The first-order valence-corrected chi connectivity index (χ1v) is 9.98. The second kappa shape index (κ2) is 9.02. The van der Waals surface area contributed by atoms with E-state index in [-0.39, 0.29) is 5.91 Å². The summed E-state index contributed by atoms with van der Waals surface area (Å²) >= 11 is 7.64. The van der Waals surface area contributed by atoms with Crippen LogP contribution in [0.3, 0.4) is 0 Å². The molecule has 1 heterocycles. The Morgan fingerprint density at radius 2 is 1.85 bits per heavy atom. The fraction of sp³-hybridized carbons (Fsp3) is 0.190. The zero-order valence-electron chi connectivity index (χ0n) is 15.2. The molecule has 3 aromatic rings. The predicted octanol–water partition coefficient (Wildman–Crippen LogP) is 5.53. The lowest BCUT2D eigenvalue weighted by Gasteiger charge is -2.09. The van der Waals surface area contributed by atoms with Gasteiger partial charge < -0.3 is 5.32 Å². The molecule has 2 aromatic carbocycles. The Morgan fingerprint density at radius 3 is 2.63 bits per heavy atom. The number of anilines is 1. The maximum Gasteiger partial charge on any atom is 0.225 e. The summed E-state index contributed by atoms with van der Waals surface area (Å²) in [6.45, 7) is 3.77. The quantitative estimate of drug-likeness (QED) is 0.438. The molecule has 1 amide bonds. The Labute approximate surface area is 168 Å². The van der Waals surface area contributed by atoms with Crippen molar-refractivity contribution in [1.29, 1.82) is 0 Å². The molecule has 0 aliphatic heterocycles. The maximum atomic E-state index is 12.2. The van der Waals surface area contributed by atoms with Crippen molar-refractivity contribution in [3.63, 3.8) is 0 Å². The molecule has 0 radical (unpaired) electrons. The van der Waals surface area contributed by atoms with Crippen molar-refractivity contribution in [2.45, 2.75) is 25.3 Å². The number of carbonyl (C=O) groups is 1. The molecule has 138 valence electrons. The zero-order chi connectivity index (χ0) is 19.2. The minimum Gasteiger partial charge on any atom is -0.326 e. The molecular formula is C21H20ClN3OS. The van der Waals surface area contributed by atoms with Crippen molar-refractivity contribution in [3.05, 3.63) is 71.0 Å². The monoisotopic (exact) mass is 397 g/mol. The standard InChI is InChI=1S/C21H20ClN3OS/c1-14-17(22)9-6-10-18(14)25-20(26)11-12-27-21-13-19(23-15(2)24-21)16-7-4-3-5-8-16/h3-10,13H,11-12H2,1-2H3,(H,25,26). The number of benzene rings is 2. The Hall–Kier alpha value is -2.37. The molecule has 1 aromatic heterocycles. The van der Waals surface area contributed by atoms with E-state index >= 15 is 0 Å². The van der Waals surface area contributed by atoms with Crippen molar-refractivity contribution in [1.82, 2.24) is 9.97 Å². The lowest BCUT2D eigenvalue weighted by molar-refractivity contribution is -0.115. The molecule has 1 N–H and O–H groups in total. The molecule has 0 saturated heterocycles. The summed E-state index contributed by atoms with van der Waals surface area (Å²) in [7, 11) is 0. The van der Waals surface area contributed by atoms with Crippen LogP contribution in [0, 0.1) is 13.8 Å². The first-order valence-electron chi connectivity index (χ1n) is 8.62. The molecule has 4 nitrogen and oxygen atoms in total. The third kappa shape index (κ3) is 5.31. The molecule has 0 spiro atoms. The minimum absolute atomic E-state index is 0.0399. The Balaban J connectivity index is 1.59. The summed E-state index contributed by atoms with van der Waals surface area (Å²) in [5.74, 6) is 1.32. The average Bonchev–Trinajstić information content (AvgIpc) is 2.66. The van der Waals surface area contributed by atoms with Crippen molar-refractivity contribution >= 4 is 35.0 Å². The van der Waals surface area contributed by atoms with Gasteiger partial charge in [0.25, 0.3) is 0 Å². The summed E-state index contributed by atoms with van der Waals surface area (Å²) in [6.07, 6.45) is 0.389. The van der Waals surface area contributed by atoms with Crippen molar-refractivity contribution in [2.75, 3.05) is 11.1 Å². The van der Waals surface area contributed by atoms with E-state index in [4.69, 9.17) is 11.6 Å². The van der Waals surface area contributed by atoms with Crippen molar-refractivity contribution < 1.29 is 4.79 Å². The van der Waals surface area contributed by atoms with Crippen LogP contribution in [0.2, 0.25) is 5.02 Å². The number of hydrogen-bond donors (Lipinski definition) is 1. The van der Waals surface area contributed by atoms with Gasteiger partial charge in [-0.05, 0) is 37.6 Å². The van der Waals surface area contributed by atoms with Gasteiger partial charge in [0.05, 0.1) is 5.69 Å². The number of nitrogens with zero attached hydrogens (tertiary/aromatic N) is 2. The molecule has 6 heteroatoms. The number of thioether (sulfide) groups is 1. The van der Waals surface area contributed by atoms with Crippen molar-refractivity contribution in [2.24, 2.45) is 0 Å². The molecular weight excluding hydrogens is 378 g/mol. The van der Waals surface area contributed by atoms with Crippen LogP contribution < -0.4 is 5.32 Å². The summed E-state index contributed by atoms with van der Waals surface area (Å²) in [4.78, 5) is 21.2. The summed E-state index contributed by atoms with van der Waals surface area (Å²) < 4.78 is 0. The third-order valence-corrected chi connectivity index (χ3v) is 5.33. The summed E-state index contributed by atoms with van der Waals surface area (Å²) in [5, 5.41) is 4.43. The summed E-state index contributed by atoms with van der Waals surface area (Å²) in [5.41, 5.74) is 3.57. The number of aromatic nitrogens is 2. The number of carbonyl (C=O) groups excluding carboxylic acids is 1. The van der Waals surface area contributed by atoms with Gasteiger partial charge in [0.15, 0.2) is 0 Å². The molecule has 0 aliphatic rings. The maximum absolute atomic E-state index is 12.2. The van der Waals surface area contributed by atoms with Crippen LogP contribution in [0.1, 0.15) is 17.8 Å². The highest BCUT2D eigenvalue weighted by Crippen LogP contribution is 2.25. The normalized spacial score (nSPS) is 10.6. The van der Waals surface area contributed by atoms with E-state index in [0.717, 1.165) is 33.4 Å². The van der Waals surface area contributed by atoms with Gasteiger partial charge in [0, 0.05) is 28.4 Å². The van der Waals surface area contributed by atoms with Gasteiger partial charge in [-0.25, -0.2) is 9.97 Å². The molecule has 0 aliphatic carbocycles. The lowest BCUT2D eigenvalue weighted by Crippen LogP contribution is -2.13. The first kappa shape index (κ1) is 19.4. The van der Waals surface area contributed by atoms with Crippen LogP contribution >= 0.6 is 23.4 Å². The van der Waals surface area contributed by atoms with Gasteiger partial charge >= 0.3 is 0 Å². The third-order valence-electron chi connectivity index (χ3n) is 4.00. The Morgan fingerprint density at radius 1 is 1.07 bits per heavy atom. The topological polar surface area (TPSA) is 54.9 Å². The van der Waals surface area contributed by atoms with Gasteiger partial charge in [-0.2, -0.15) is 0 Å². The largest absolute Gasteiger partial charge is 0.326 e. The Bertz CT molecular complexity index is 947. The molecule has 0 atom stereocenters. The highest BCUT2D eigenvalue weighted by Gasteiger charge is 2.09. The van der Waals surface area contributed by atoms with Crippen LogP contribution in [0.25, 0.3) is 11.3 Å². The van der Waals surface area contributed by atoms with Gasteiger partial charge in [-0.3, -0.25) is 4.79 Å². The first-order chi connectivity index (χ1) is 13.0. The fourth-order valence-corrected chi connectivity index (χ4v) is 3.64. The lowest BCUT2D eigenvalue weighted by atomic mass is 10.1. The molecule has 0 bridgehead atoms. The number of aryl methyl sites for hydroxylation is 1. The highest BCUT2D eigenvalue weighted by atomic mass is 35.5. The number of halogens is 1. The van der Waals surface area contributed by atoms with Crippen LogP contribution in [0.4, 0.5) is 5.69 Å². The predicted molar refractivity (Wildman–Crippen MR) is 112 cm³/mol. The van der Waals surface area contributed by atoms with Gasteiger partial charge in [-0.15, -0.1) is 11.8 Å². The van der Waals surface area contributed by atoms with E-state index in [2.05, 4.69) is 15.3 Å². The van der Waals surface area contributed by atoms with E-state index in [9.17, 15) is 4.79 Å². The van der Waals surface area contributed by atoms with Gasteiger partial charge in [0.1, 0.15) is 10.9 Å². The molecule has 0 fully saturated rings. The molecule has 0 saturated carbocycles. The van der Waals surface area contributed by atoms with Crippen LogP contribution in [0.15, 0.2) is 59.6 Å². The van der Waals surface area contributed by atoms with Gasteiger partial charge in [0.2, 0.25) is 5.91 Å². The smallest absolute Gasteiger partial charge is 0.225 e. The number of rotatable bonds is 6. The number of hydrogen-bond acceptors (Lipinski definition) is 4. The van der Waals surface area contributed by atoms with Crippen molar-refractivity contribution in [3.8, 4) is 11.3 Å². The van der Waals surface area contributed by atoms with Crippen LogP contribution in [0.5, 0.6) is 0 Å². The number of nitrogens with one attached hydrogen (secondary N) is 1. The second-order valence-electron chi connectivity index (χ2n) is 6.06. The van der Waals surface area contributed by atoms with Crippen LogP contribution in [-0.4, -0.2) is 21.6 Å².